The van der Waals surface area contributed by atoms with E-state index in [0.29, 0.717) is 17.9 Å². The van der Waals surface area contributed by atoms with Crippen LogP contribution in [0.4, 0.5) is 4.79 Å². The predicted octanol–water partition coefficient (Wildman–Crippen LogP) is 5.11. The third-order valence-electron chi connectivity index (χ3n) is 7.14. The average molecular weight is 469 g/mol. The zero-order chi connectivity index (χ0) is 24.1. The highest BCUT2D eigenvalue weighted by molar-refractivity contribution is 5.91. The molecule has 0 saturated heterocycles. The van der Waals surface area contributed by atoms with E-state index in [1.54, 1.807) is 7.11 Å². The number of aromatic amines is 1. The van der Waals surface area contributed by atoms with Crippen molar-refractivity contribution in [2.45, 2.75) is 18.4 Å². The number of ether oxygens (including phenoxy) is 2. The molecule has 0 bridgehead atoms. The van der Waals surface area contributed by atoms with E-state index in [9.17, 15) is 14.7 Å². The number of carbonyl (C=O) groups is 2. The predicted molar refractivity (Wildman–Crippen MR) is 131 cm³/mol. The fourth-order valence-corrected chi connectivity index (χ4v) is 5.52. The van der Waals surface area contributed by atoms with Gasteiger partial charge in [-0.3, -0.25) is 4.90 Å². The monoisotopic (exact) mass is 468 g/mol. The fourth-order valence-electron chi connectivity index (χ4n) is 5.52. The van der Waals surface area contributed by atoms with E-state index in [1.807, 2.05) is 42.5 Å². The van der Waals surface area contributed by atoms with Crippen LogP contribution in [0.3, 0.4) is 0 Å². The number of methoxy groups -OCH3 is 1. The minimum Gasteiger partial charge on any atom is -0.497 e. The van der Waals surface area contributed by atoms with Crippen molar-refractivity contribution < 1.29 is 24.2 Å². The molecule has 2 heterocycles. The first-order chi connectivity index (χ1) is 17.1. The van der Waals surface area contributed by atoms with E-state index in [0.717, 1.165) is 38.7 Å². The van der Waals surface area contributed by atoms with Gasteiger partial charge in [0, 0.05) is 23.4 Å². The summed E-state index contributed by atoms with van der Waals surface area (Å²) in [4.78, 5) is 30.1. The Kier molecular flexibility index (Phi) is 4.99. The van der Waals surface area contributed by atoms with E-state index in [4.69, 9.17) is 9.47 Å². The van der Waals surface area contributed by atoms with Crippen LogP contribution in [0.15, 0.2) is 66.7 Å². The number of aliphatic carboxylic acids is 1. The van der Waals surface area contributed by atoms with Gasteiger partial charge in [0.05, 0.1) is 12.8 Å². The third kappa shape index (κ3) is 3.34. The molecule has 2 N–H and O–H groups in total. The van der Waals surface area contributed by atoms with Crippen LogP contribution in [-0.4, -0.2) is 47.3 Å². The molecule has 3 aromatic carbocycles. The molecule has 176 valence electrons. The average Bonchev–Trinajstić information content (AvgIpc) is 3.41. The Morgan fingerprint density at radius 1 is 1.03 bits per heavy atom. The molecule has 0 unspecified atom stereocenters. The Labute approximate surface area is 201 Å². The summed E-state index contributed by atoms with van der Waals surface area (Å²) in [6.45, 7) is 0.400. The Bertz CT molecular complexity index is 1430. The van der Waals surface area contributed by atoms with E-state index in [-0.39, 0.29) is 19.1 Å². The highest BCUT2D eigenvalue weighted by Crippen LogP contribution is 2.45. The van der Waals surface area contributed by atoms with Gasteiger partial charge in [0.1, 0.15) is 12.4 Å². The smallest absolute Gasteiger partial charge is 0.410 e. The summed E-state index contributed by atoms with van der Waals surface area (Å²) in [6, 6.07) is 20.7. The molecule has 0 saturated carbocycles. The van der Waals surface area contributed by atoms with Crippen LogP contribution in [0, 0.1) is 0 Å². The molecule has 35 heavy (non-hydrogen) atoms. The zero-order valence-electron chi connectivity index (χ0n) is 19.2. The number of H-pyrrole nitrogens is 1. The number of rotatable bonds is 4. The number of carbonyl (C=O) groups excluding carboxylic acids is 1. The van der Waals surface area contributed by atoms with Gasteiger partial charge in [-0.05, 0) is 52.4 Å². The number of hydrogen-bond acceptors (Lipinski definition) is 4. The van der Waals surface area contributed by atoms with Crippen LogP contribution in [0.5, 0.6) is 5.75 Å². The number of carboxylic acid groups (broad SMARTS) is 1. The molecule has 1 aliphatic carbocycles. The van der Waals surface area contributed by atoms with Crippen LogP contribution in [0.1, 0.15) is 34.3 Å². The number of aromatic nitrogens is 1. The van der Waals surface area contributed by atoms with Crippen LogP contribution in [0.25, 0.3) is 22.0 Å². The first-order valence-corrected chi connectivity index (χ1v) is 11.6. The number of hydrogen-bond donors (Lipinski definition) is 2. The Balaban J connectivity index is 1.28. The fraction of sp³-hybridized carbons (Fsp3) is 0.214. The van der Waals surface area contributed by atoms with Crippen molar-refractivity contribution in [3.8, 4) is 16.9 Å². The maximum absolute atomic E-state index is 13.2. The minimum absolute atomic E-state index is 0.0875. The molecule has 0 spiro atoms. The van der Waals surface area contributed by atoms with Crippen molar-refractivity contribution >= 4 is 23.0 Å². The lowest BCUT2D eigenvalue weighted by Gasteiger charge is -2.32. The topological polar surface area (TPSA) is 91.9 Å². The molecule has 1 atom stereocenters. The van der Waals surface area contributed by atoms with Crippen molar-refractivity contribution in [2.24, 2.45) is 0 Å². The lowest BCUT2D eigenvalue weighted by molar-refractivity contribution is -0.143. The Morgan fingerprint density at radius 3 is 2.37 bits per heavy atom. The second-order valence-corrected chi connectivity index (χ2v) is 8.92. The summed E-state index contributed by atoms with van der Waals surface area (Å²) in [6.07, 6.45) is -0.0997. The number of amides is 1. The van der Waals surface area contributed by atoms with Crippen molar-refractivity contribution in [2.75, 3.05) is 20.3 Å². The van der Waals surface area contributed by atoms with Gasteiger partial charge in [-0.25, -0.2) is 9.59 Å². The standard InChI is InChI=1S/C28H24N2O5/c1-34-16-10-11-24-22(14-16)21-12-13-30(26(27(31)32)25(21)29-24)28(33)35-15-23-19-8-4-2-6-17(19)18-7-3-5-9-20(18)23/h2-11,14,23,26,29H,12-13,15H2,1H3,(H,31,32)/t26-/m1/s1. The molecule has 1 aromatic heterocycles. The van der Waals surface area contributed by atoms with Crippen molar-refractivity contribution in [3.63, 3.8) is 0 Å². The third-order valence-corrected chi connectivity index (χ3v) is 7.14. The van der Waals surface area contributed by atoms with Gasteiger partial charge in [-0.15, -0.1) is 0 Å². The van der Waals surface area contributed by atoms with E-state index in [2.05, 4.69) is 29.2 Å². The highest BCUT2D eigenvalue weighted by Gasteiger charge is 2.40. The highest BCUT2D eigenvalue weighted by atomic mass is 16.6. The van der Waals surface area contributed by atoms with Crippen LogP contribution >= 0.6 is 0 Å². The number of nitrogens with one attached hydrogen (secondary N) is 1. The lowest BCUT2D eigenvalue weighted by Crippen LogP contribution is -2.44. The van der Waals surface area contributed by atoms with Gasteiger partial charge in [0.2, 0.25) is 0 Å². The molecule has 1 amide bonds. The Hall–Kier alpha value is -4.26. The molecular weight excluding hydrogens is 444 g/mol. The SMILES string of the molecule is COc1ccc2[nH]c3c(c2c1)CCN(C(=O)OCC1c2ccccc2-c2ccccc21)[C@H]3C(=O)O. The molecule has 4 aromatic rings. The minimum atomic E-state index is -1.15. The van der Waals surface area contributed by atoms with Gasteiger partial charge in [0.25, 0.3) is 0 Å². The molecule has 1 aliphatic heterocycles. The quantitative estimate of drug-likeness (QED) is 0.434. The number of carboxylic acids is 1. The maximum atomic E-state index is 13.2. The molecular formula is C28H24N2O5. The molecule has 0 radical (unpaired) electrons. The van der Waals surface area contributed by atoms with Crippen molar-refractivity contribution in [3.05, 3.63) is 89.1 Å². The first kappa shape index (κ1) is 21.3. The molecule has 6 rings (SSSR count). The first-order valence-electron chi connectivity index (χ1n) is 11.6. The molecule has 0 fully saturated rings. The molecule has 7 heteroatoms. The normalized spacial score (nSPS) is 16.5. The van der Waals surface area contributed by atoms with E-state index >= 15 is 0 Å². The summed E-state index contributed by atoms with van der Waals surface area (Å²) in [5.41, 5.74) is 6.74. The van der Waals surface area contributed by atoms with Gasteiger partial charge in [0.15, 0.2) is 6.04 Å². The number of nitrogens with zero attached hydrogens (tertiary/aromatic N) is 1. The van der Waals surface area contributed by atoms with Gasteiger partial charge >= 0.3 is 12.1 Å². The number of fused-ring (bicyclic) bond motifs is 6. The number of benzene rings is 3. The summed E-state index contributed by atoms with van der Waals surface area (Å²) < 4.78 is 11.1. The van der Waals surface area contributed by atoms with Gasteiger partial charge < -0.3 is 19.6 Å². The summed E-state index contributed by atoms with van der Waals surface area (Å²) in [5, 5.41) is 11.0. The largest absolute Gasteiger partial charge is 0.497 e. The van der Waals surface area contributed by atoms with Gasteiger partial charge in [-0.1, -0.05) is 48.5 Å². The zero-order valence-corrected chi connectivity index (χ0v) is 19.2. The summed E-state index contributed by atoms with van der Waals surface area (Å²) >= 11 is 0. The lowest BCUT2D eigenvalue weighted by atomic mass is 9.97. The van der Waals surface area contributed by atoms with Crippen LogP contribution in [0.2, 0.25) is 0 Å². The second kappa shape index (κ2) is 8.20. The summed E-state index contributed by atoms with van der Waals surface area (Å²) in [5.74, 6) is -0.487. The van der Waals surface area contributed by atoms with Crippen LogP contribution < -0.4 is 4.74 Å². The maximum Gasteiger partial charge on any atom is 0.410 e. The van der Waals surface area contributed by atoms with Crippen molar-refractivity contribution in [1.82, 2.24) is 9.88 Å². The van der Waals surface area contributed by atoms with Crippen molar-refractivity contribution in [1.29, 1.82) is 0 Å². The molecule has 2 aliphatic rings. The van der Waals surface area contributed by atoms with E-state index in [1.165, 1.54) is 4.90 Å². The van der Waals surface area contributed by atoms with Gasteiger partial charge in [-0.2, -0.15) is 0 Å². The second-order valence-electron chi connectivity index (χ2n) is 8.92. The van der Waals surface area contributed by atoms with Crippen LogP contribution in [-0.2, 0) is 16.0 Å². The Morgan fingerprint density at radius 2 is 1.71 bits per heavy atom. The summed E-state index contributed by atoms with van der Waals surface area (Å²) in [7, 11) is 1.60. The molecule has 7 nitrogen and oxygen atoms in total. The van der Waals surface area contributed by atoms with E-state index < -0.39 is 18.1 Å².